The average Bonchev–Trinajstić information content (AvgIpc) is 3.46. The Morgan fingerprint density at radius 3 is 2.76 bits per heavy atom. The van der Waals surface area contributed by atoms with Gasteiger partial charge in [-0.15, -0.1) is 0 Å². The predicted octanol–water partition coefficient (Wildman–Crippen LogP) is 4.83. The molecule has 1 fully saturated rings. The first-order valence-corrected chi connectivity index (χ1v) is 11.8. The van der Waals surface area contributed by atoms with Crippen LogP contribution in [0.15, 0.2) is 24.5 Å². The Kier molecular flexibility index (Phi) is 5.88. The molecule has 0 aliphatic carbocycles. The highest BCUT2D eigenvalue weighted by Gasteiger charge is 2.26. The summed E-state index contributed by atoms with van der Waals surface area (Å²) in [5, 5.41) is 10.2. The zero-order chi connectivity index (χ0) is 23.8. The number of piperidine rings is 1. The van der Waals surface area contributed by atoms with Crippen LogP contribution >= 0.6 is 0 Å². The van der Waals surface area contributed by atoms with Crippen LogP contribution in [0.4, 0.5) is 0 Å². The zero-order valence-corrected chi connectivity index (χ0v) is 20.1. The van der Waals surface area contributed by atoms with E-state index in [1.54, 1.807) is 19.5 Å². The number of benzene rings is 1. The maximum atomic E-state index is 9.47. The van der Waals surface area contributed by atoms with Gasteiger partial charge >= 0.3 is 0 Å². The van der Waals surface area contributed by atoms with Crippen molar-refractivity contribution < 1.29 is 9.47 Å². The molecule has 34 heavy (non-hydrogen) atoms. The number of ether oxygens (including phenoxy) is 2. The molecule has 1 aliphatic rings. The number of aromatic amines is 2. The van der Waals surface area contributed by atoms with E-state index in [0.29, 0.717) is 41.3 Å². The van der Waals surface area contributed by atoms with E-state index < -0.39 is 0 Å². The normalized spacial score (nSPS) is 15.3. The van der Waals surface area contributed by atoms with Gasteiger partial charge < -0.3 is 24.3 Å². The molecule has 0 bridgehead atoms. The van der Waals surface area contributed by atoms with Crippen LogP contribution in [-0.4, -0.2) is 58.7 Å². The molecule has 1 saturated heterocycles. The van der Waals surface area contributed by atoms with E-state index in [0.717, 1.165) is 53.6 Å². The van der Waals surface area contributed by atoms with Crippen LogP contribution in [0.25, 0.3) is 33.3 Å². The van der Waals surface area contributed by atoms with Gasteiger partial charge in [0.05, 0.1) is 30.3 Å². The number of H-pyrrole nitrogens is 2. The van der Waals surface area contributed by atoms with Gasteiger partial charge in [0.1, 0.15) is 23.0 Å². The van der Waals surface area contributed by atoms with Crippen molar-refractivity contribution >= 4 is 21.9 Å². The summed E-state index contributed by atoms with van der Waals surface area (Å²) in [5.74, 6) is 2.79. The molecule has 0 radical (unpaired) electrons. The number of hydrogen-bond acceptors (Lipinski definition) is 6. The minimum atomic E-state index is 0.403. The number of aromatic nitrogens is 4. The summed E-state index contributed by atoms with van der Waals surface area (Å²) >= 11 is 0. The van der Waals surface area contributed by atoms with Crippen molar-refractivity contribution in [1.82, 2.24) is 24.8 Å². The first-order valence-electron chi connectivity index (χ1n) is 11.8. The van der Waals surface area contributed by atoms with E-state index in [1.165, 1.54) is 5.56 Å². The van der Waals surface area contributed by atoms with Crippen LogP contribution < -0.4 is 9.47 Å². The number of rotatable bonds is 6. The Bertz CT molecular complexity index is 1370. The lowest BCUT2D eigenvalue weighted by atomic mass is 9.88. The fraction of sp³-hybridized carbons (Fsp3) is 0.423. The fourth-order valence-electron chi connectivity index (χ4n) is 4.76. The summed E-state index contributed by atoms with van der Waals surface area (Å²) in [6, 6.07) is 6.49. The van der Waals surface area contributed by atoms with Crippen molar-refractivity contribution in [3.8, 4) is 29.1 Å². The molecule has 0 unspecified atom stereocenters. The van der Waals surface area contributed by atoms with Gasteiger partial charge in [-0.1, -0.05) is 19.9 Å². The average molecular weight is 459 g/mol. The Morgan fingerprint density at radius 1 is 1.26 bits per heavy atom. The van der Waals surface area contributed by atoms with Crippen LogP contribution in [0.2, 0.25) is 0 Å². The molecule has 4 heterocycles. The molecule has 0 amide bonds. The van der Waals surface area contributed by atoms with Crippen molar-refractivity contribution in [3.63, 3.8) is 0 Å². The number of nitrogens with one attached hydrogen (secondary N) is 2. The molecule has 176 valence electrons. The number of fused-ring (bicyclic) bond motifs is 2. The molecule has 8 nitrogen and oxygen atoms in total. The van der Waals surface area contributed by atoms with E-state index in [9.17, 15) is 5.26 Å². The molecular formula is C26H30N6O2. The number of nitrogens with zero attached hydrogens (tertiary/aromatic N) is 4. The maximum Gasteiger partial charge on any atom is 0.226 e. The topological polar surface area (TPSA) is 103 Å². The Morgan fingerprint density at radius 2 is 2.06 bits per heavy atom. The van der Waals surface area contributed by atoms with E-state index in [-0.39, 0.29) is 0 Å². The van der Waals surface area contributed by atoms with Crippen molar-refractivity contribution in [3.05, 3.63) is 35.7 Å². The lowest BCUT2D eigenvalue weighted by molar-refractivity contribution is 0.243. The third-order valence-electron chi connectivity index (χ3n) is 6.60. The molecular weight excluding hydrogens is 428 g/mol. The third kappa shape index (κ3) is 3.86. The minimum Gasteiger partial charge on any atom is -0.491 e. The largest absolute Gasteiger partial charge is 0.491 e. The number of nitriles is 1. The summed E-state index contributed by atoms with van der Waals surface area (Å²) in [7, 11) is 3.76. The SMILES string of the molecule is COc1ncc2c(C#N)c[nH]c2c1-c1nc2c(OCC(C)C)c(C3CCN(C)CC3)ccc2[nH]1. The number of likely N-dealkylation sites (tertiary alicyclic amines) is 1. The summed E-state index contributed by atoms with van der Waals surface area (Å²) in [6.07, 6.45) is 5.56. The first-order chi connectivity index (χ1) is 16.5. The summed E-state index contributed by atoms with van der Waals surface area (Å²) in [6.45, 7) is 7.10. The third-order valence-corrected chi connectivity index (χ3v) is 6.60. The van der Waals surface area contributed by atoms with E-state index in [1.807, 2.05) is 0 Å². The second-order valence-corrected chi connectivity index (χ2v) is 9.49. The standard InChI is InChI=1S/C26H30N6O2/c1-15(2)14-34-24-18(16-7-9-32(3)10-8-16)5-6-20-23(24)31-25(30-20)21-22-19(13-29-26(21)33-4)17(11-27)12-28-22/h5-6,12-13,15-16,28H,7-10,14H2,1-4H3,(H,30,31). The molecule has 1 aliphatic heterocycles. The highest BCUT2D eigenvalue weighted by molar-refractivity contribution is 5.99. The summed E-state index contributed by atoms with van der Waals surface area (Å²) < 4.78 is 12.0. The van der Waals surface area contributed by atoms with Gasteiger partial charge in [0, 0.05) is 17.8 Å². The van der Waals surface area contributed by atoms with Gasteiger partial charge in [0.2, 0.25) is 5.88 Å². The monoisotopic (exact) mass is 458 g/mol. The van der Waals surface area contributed by atoms with Crippen molar-refractivity contribution in [2.45, 2.75) is 32.6 Å². The van der Waals surface area contributed by atoms with Gasteiger partial charge in [-0.2, -0.15) is 5.26 Å². The van der Waals surface area contributed by atoms with Crippen molar-refractivity contribution in [2.75, 3.05) is 33.9 Å². The van der Waals surface area contributed by atoms with Crippen LogP contribution in [0.1, 0.15) is 43.7 Å². The Hall–Kier alpha value is -3.57. The van der Waals surface area contributed by atoms with Crippen LogP contribution in [0, 0.1) is 17.2 Å². The maximum absolute atomic E-state index is 9.47. The molecule has 0 spiro atoms. The van der Waals surface area contributed by atoms with Gasteiger partial charge in [-0.05, 0) is 56.4 Å². The van der Waals surface area contributed by atoms with Crippen molar-refractivity contribution in [2.24, 2.45) is 5.92 Å². The molecule has 1 aromatic carbocycles. The highest BCUT2D eigenvalue weighted by atomic mass is 16.5. The van der Waals surface area contributed by atoms with Crippen molar-refractivity contribution in [1.29, 1.82) is 5.26 Å². The van der Waals surface area contributed by atoms with Gasteiger partial charge in [0.25, 0.3) is 0 Å². The second-order valence-electron chi connectivity index (χ2n) is 9.49. The molecule has 0 saturated carbocycles. The van der Waals surface area contributed by atoms with Crippen LogP contribution in [0.3, 0.4) is 0 Å². The smallest absolute Gasteiger partial charge is 0.226 e. The second kappa shape index (κ2) is 8.99. The van der Waals surface area contributed by atoms with E-state index in [2.05, 4.69) is 58.9 Å². The number of methoxy groups -OCH3 is 1. The quantitative estimate of drug-likeness (QED) is 0.429. The Balaban J connectivity index is 1.67. The number of hydrogen-bond donors (Lipinski definition) is 2. The predicted molar refractivity (Wildman–Crippen MR) is 132 cm³/mol. The van der Waals surface area contributed by atoms with Crippen LogP contribution in [0.5, 0.6) is 11.6 Å². The molecule has 8 heteroatoms. The zero-order valence-electron chi connectivity index (χ0n) is 20.1. The summed E-state index contributed by atoms with van der Waals surface area (Å²) in [4.78, 5) is 18.5. The molecule has 3 aromatic heterocycles. The lowest BCUT2D eigenvalue weighted by Gasteiger charge is -2.30. The molecule has 2 N–H and O–H groups in total. The molecule has 5 rings (SSSR count). The highest BCUT2D eigenvalue weighted by Crippen LogP contribution is 2.41. The number of pyridine rings is 1. The number of imidazole rings is 1. The van der Waals surface area contributed by atoms with Gasteiger partial charge in [-0.25, -0.2) is 9.97 Å². The minimum absolute atomic E-state index is 0.403. The first kappa shape index (κ1) is 22.2. The van der Waals surface area contributed by atoms with Crippen LogP contribution in [-0.2, 0) is 0 Å². The fourth-order valence-corrected chi connectivity index (χ4v) is 4.76. The van der Waals surface area contributed by atoms with Gasteiger partial charge in [0.15, 0.2) is 5.75 Å². The summed E-state index contributed by atoms with van der Waals surface area (Å²) in [5.41, 5.74) is 4.95. The lowest BCUT2D eigenvalue weighted by Crippen LogP contribution is -2.29. The van der Waals surface area contributed by atoms with E-state index in [4.69, 9.17) is 14.5 Å². The van der Waals surface area contributed by atoms with E-state index >= 15 is 0 Å². The molecule has 4 aromatic rings. The molecule has 0 atom stereocenters. The Labute approximate surface area is 198 Å². The van der Waals surface area contributed by atoms with Gasteiger partial charge in [-0.3, -0.25) is 0 Å².